The first-order valence-corrected chi connectivity index (χ1v) is 7.31. The highest BCUT2D eigenvalue weighted by Crippen LogP contribution is 2.17. The minimum Gasteiger partial charge on any atom is -0.396 e. The molecule has 0 radical (unpaired) electrons. The summed E-state index contributed by atoms with van der Waals surface area (Å²) >= 11 is 0. The predicted molar refractivity (Wildman–Crippen MR) is 73.5 cm³/mol. The van der Waals surface area contributed by atoms with Crippen molar-refractivity contribution < 1.29 is 9.90 Å². The Balaban J connectivity index is 2.34. The number of aliphatic hydroxyl groups is 1. The summed E-state index contributed by atoms with van der Waals surface area (Å²) in [6.45, 7) is 4.24. The third kappa shape index (κ3) is 5.71. The van der Waals surface area contributed by atoms with Crippen molar-refractivity contribution in [1.29, 1.82) is 0 Å². The minimum absolute atomic E-state index is 0.0563. The van der Waals surface area contributed by atoms with E-state index in [1.54, 1.807) is 0 Å². The number of hydrogen-bond acceptors (Lipinski definition) is 2. The quantitative estimate of drug-likeness (QED) is 0.662. The number of urea groups is 1. The van der Waals surface area contributed by atoms with E-state index in [9.17, 15) is 4.79 Å². The van der Waals surface area contributed by atoms with E-state index in [4.69, 9.17) is 5.11 Å². The number of nitrogens with one attached hydrogen (secondary N) is 2. The van der Waals surface area contributed by atoms with Crippen LogP contribution in [-0.4, -0.2) is 29.8 Å². The van der Waals surface area contributed by atoms with Gasteiger partial charge in [-0.2, -0.15) is 0 Å². The van der Waals surface area contributed by atoms with E-state index < -0.39 is 0 Å². The van der Waals surface area contributed by atoms with Gasteiger partial charge in [-0.05, 0) is 25.2 Å². The molecule has 106 valence electrons. The Morgan fingerprint density at radius 2 is 1.83 bits per heavy atom. The van der Waals surface area contributed by atoms with E-state index in [2.05, 4.69) is 24.5 Å². The zero-order chi connectivity index (χ0) is 13.4. The summed E-state index contributed by atoms with van der Waals surface area (Å²) in [4.78, 5) is 11.9. The summed E-state index contributed by atoms with van der Waals surface area (Å²) in [5.41, 5.74) is 0. The van der Waals surface area contributed by atoms with Gasteiger partial charge in [0.05, 0.1) is 0 Å². The van der Waals surface area contributed by atoms with Crippen molar-refractivity contribution in [2.75, 3.05) is 6.61 Å². The Bertz CT molecular complexity index is 236. The van der Waals surface area contributed by atoms with Gasteiger partial charge in [0.15, 0.2) is 0 Å². The van der Waals surface area contributed by atoms with Gasteiger partial charge >= 0.3 is 6.03 Å². The zero-order valence-corrected chi connectivity index (χ0v) is 11.7. The largest absolute Gasteiger partial charge is 0.396 e. The molecule has 0 aromatic carbocycles. The lowest BCUT2D eigenvalue weighted by Gasteiger charge is -2.24. The van der Waals surface area contributed by atoms with E-state index in [0.29, 0.717) is 18.4 Å². The van der Waals surface area contributed by atoms with E-state index in [0.717, 1.165) is 12.8 Å². The first kappa shape index (κ1) is 15.3. The maximum absolute atomic E-state index is 11.9. The second-order valence-electron chi connectivity index (χ2n) is 5.67. The van der Waals surface area contributed by atoms with Crippen molar-refractivity contribution in [3.63, 3.8) is 0 Å². The zero-order valence-electron chi connectivity index (χ0n) is 11.7. The maximum Gasteiger partial charge on any atom is 0.315 e. The third-order valence-electron chi connectivity index (χ3n) is 3.75. The lowest BCUT2D eigenvalue weighted by Crippen LogP contribution is -2.48. The van der Waals surface area contributed by atoms with Gasteiger partial charge in [0.2, 0.25) is 0 Å². The molecule has 0 aliphatic heterocycles. The van der Waals surface area contributed by atoms with Crippen LogP contribution in [0.25, 0.3) is 0 Å². The molecule has 4 nitrogen and oxygen atoms in total. The van der Waals surface area contributed by atoms with Crippen LogP contribution in [0, 0.1) is 5.92 Å². The maximum atomic E-state index is 11.9. The lowest BCUT2D eigenvalue weighted by atomic mass is 10.0. The smallest absolute Gasteiger partial charge is 0.315 e. The molecule has 1 fully saturated rings. The molecule has 1 unspecified atom stereocenters. The topological polar surface area (TPSA) is 61.4 Å². The highest BCUT2D eigenvalue weighted by Gasteiger charge is 2.18. The predicted octanol–water partition coefficient (Wildman–Crippen LogP) is 2.42. The summed E-state index contributed by atoms with van der Waals surface area (Å²) in [7, 11) is 0. The average molecular weight is 256 g/mol. The van der Waals surface area contributed by atoms with Gasteiger partial charge in [0, 0.05) is 18.7 Å². The fourth-order valence-corrected chi connectivity index (χ4v) is 2.53. The first-order chi connectivity index (χ1) is 8.63. The first-order valence-electron chi connectivity index (χ1n) is 7.31. The van der Waals surface area contributed by atoms with Crippen molar-refractivity contribution in [3.8, 4) is 0 Å². The number of carbonyl (C=O) groups is 1. The lowest BCUT2D eigenvalue weighted by molar-refractivity contribution is 0.215. The van der Waals surface area contributed by atoms with Crippen LogP contribution < -0.4 is 10.6 Å². The van der Waals surface area contributed by atoms with Crippen molar-refractivity contribution >= 4 is 6.03 Å². The number of amides is 2. The van der Waals surface area contributed by atoms with Crippen LogP contribution in [0.2, 0.25) is 0 Å². The molecule has 1 aliphatic rings. The Morgan fingerprint density at radius 1 is 1.22 bits per heavy atom. The van der Waals surface area contributed by atoms with Crippen molar-refractivity contribution in [3.05, 3.63) is 0 Å². The standard InChI is InChI=1S/C14H28N2O2/c1-11(2)13(9-10-17)16-14(18)15-12-7-5-3-4-6-8-12/h11-13,17H,3-10H2,1-2H3,(H2,15,16,18). The molecule has 0 saturated heterocycles. The molecule has 0 bridgehead atoms. The minimum atomic E-state index is -0.0750. The molecule has 1 aliphatic carbocycles. The summed E-state index contributed by atoms with van der Waals surface area (Å²) in [6.07, 6.45) is 7.83. The second-order valence-corrected chi connectivity index (χ2v) is 5.67. The fraction of sp³-hybridized carbons (Fsp3) is 0.929. The molecular formula is C14H28N2O2. The van der Waals surface area contributed by atoms with Crippen LogP contribution in [0.15, 0.2) is 0 Å². The Morgan fingerprint density at radius 3 is 2.33 bits per heavy atom. The molecular weight excluding hydrogens is 228 g/mol. The molecule has 1 saturated carbocycles. The Hall–Kier alpha value is -0.770. The molecule has 2 amide bonds. The van der Waals surface area contributed by atoms with Gasteiger partial charge in [0.25, 0.3) is 0 Å². The van der Waals surface area contributed by atoms with E-state index in [-0.39, 0.29) is 18.7 Å². The molecule has 3 N–H and O–H groups in total. The van der Waals surface area contributed by atoms with Gasteiger partial charge < -0.3 is 15.7 Å². The average Bonchev–Trinajstić information content (AvgIpc) is 2.57. The second kappa shape index (κ2) is 8.35. The van der Waals surface area contributed by atoms with Gasteiger partial charge in [0.1, 0.15) is 0 Å². The van der Waals surface area contributed by atoms with Crippen molar-refractivity contribution in [2.45, 2.75) is 70.9 Å². The SMILES string of the molecule is CC(C)C(CCO)NC(=O)NC1CCCCCC1. The van der Waals surface area contributed by atoms with Crippen molar-refractivity contribution in [2.24, 2.45) is 5.92 Å². The van der Waals surface area contributed by atoms with E-state index >= 15 is 0 Å². The van der Waals surface area contributed by atoms with Gasteiger partial charge in [-0.25, -0.2) is 4.79 Å². The molecule has 1 atom stereocenters. The number of carbonyl (C=O) groups excluding carboxylic acids is 1. The van der Waals surface area contributed by atoms with Crippen LogP contribution in [0.3, 0.4) is 0 Å². The number of hydrogen-bond donors (Lipinski definition) is 3. The molecule has 0 heterocycles. The van der Waals surface area contributed by atoms with Gasteiger partial charge in [-0.3, -0.25) is 0 Å². The van der Waals surface area contributed by atoms with Crippen LogP contribution >= 0.6 is 0 Å². The highest BCUT2D eigenvalue weighted by molar-refractivity contribution is 5.74. The molecule has 0 spiro atoms. The number of aliphatic hydroxyl groups excluding tert-OH is 1. The highest BCUT2D eigenvalue weighted by atomic mass is 16.3. The van der Waals surface area contributed by atoms with E-state index in [1.807, 2.05) is 0 Å². The van der Waals surface area contributed by atoms with Crippen molar-refractivity contribution in [1.82, 2.24) is 10.6 Å². The molecule has 4 heteroatoms. The monoisotopic (exact) mass is 256 g/mol. The Kier molecular flexibility index (Phi) is 7.09. The molecule has 18 heavy (non-hydrogen) atoms. The molecule has 0 aromatic heterocycles. The van der Waals surface area contributed by atoms with Crippen LogP contribution in [0.4, 0.5) is 4.79 Å². The van der Waals surface area contributed by atoms with E-state index in [1.165, 1.54) is 25.7 Å². The fourth-order valence-electron chi connectivity index (χ4n) is 2.53. The Labute approximate surface area is 111 Å². The van der Waals surface area contributed by atoms with Crippen LogP contribution in [0.1, 0.15) is 58.8 Å². The van der Waals surface area contributed by atoms with Crippen LogP contribution in [-0.2, 0) is 0 Å². The van der Waals surface area contributed by atoms with Gasteiger partial charge in [-0.1, -0.05) is 39.5 Å². The summed E-state index contributed by atoms with van der Waals surface area (Å²) in [6, 6.07) is 0.310. The molecule has 1 rings (SSSR count). The normalized spacial score (nSPS) is 19.3. The van der Waals surface area contributed by atoms with Gasteiger partial charge in [-0.15, -0.1) is 0 Å². The van der Waals surface area contributed by atoms with Crippen LogP contribution in [0.5, 0.6) is 0 Å². The summed E-state index contributed by atoms with van der Waals surface area (Å²) in [5.74, 6) is 0.344. The number of rotatable bonds is 5. The molecule has 0 aromatic rings. The summed E-state index contributed by atoms with van der Waals surface area (Å²) in [5, 5.41) is 15.0. The third-order valence-corrected chi connectivity index (χ3v) is 3.75. The summed E-state index contributed by atoms with van der Waals surface area (Å²) < 4.78 is 0.